The maximum Gasteiger partial charge on any atom is 0.407 e. The van der Waals surface area contributed by atoms with E-state index in [4.69, 9.17) is 9.72 Å². The maximum atomic E-state index is 13.9. The molecule has 4 atom stereocenters. The molecule has 2 aromatic carbocycles. The minimum Gasteiger partial charge on any atom is -0.444 e. The van der Waals surface area contributed by atoms with Crippen LogP contribution in [-0.4, -0.2) is 69.3 Å². The van der Waals surface area contributed by atoms with Crippen LogP contribution >= 0.6 is 22.7 Å². The van der Waals surface area contributed by atoms with Crippen LogP contribution in [0.5, 0.6) is 0 Å². The first-order valence-electron chi connectivity index (χ1n) is 17.5. The number of nitrogens with one attached hydrogen (secondary N) is 3. The average Bonchev–Trinajstić information content (AvgIpc) is 3.78. The summed E-state index contributed by atoms with van der Waals surface area (Å²) in [4.78, 5) is 51.3. The highest BCUT2D eigenvalue weighted by Crippen LogP contribution is 2.37. The fourth-order valence-electron chi connectivity index (χ4n) is 5.96. The molecule has 0 bridgehead atoms. The molecule has 4 N–H and O–H groups in total. The van der Waals surface area contributed by atoms with Crippen LogP contribution in [0, 0.1) is 5.92 Å². The molecule has 0 aliphatic heterocycles. The first kappa shape index (κ1) is 37.9. The van der Waals surface area contributed by atoms with Crippen molar-refractivity contribution in [2.45, 2.75) is 95.7 Å². The minimum atomic E-state index is -1.05. The topological polar surface area (TPSA) is 146 Å². The van der Waals surface area contributed by atoms with Crippen LogP contribution in [0.15, 0.2) is 77.8 Å². The van der Waals surface area contributed by atoms with Crippen molar-refractivity contribution in [3.8, 4) is 0 Å². The molecule has 4 aromatic rings. The van der Waals surface area contributed by atoms with E-state index in [0.717, 1.165) is 26.7 Å². The second-order valence-electron chi connectivity index (χ2n) is 13.5. The number of rotatable bonds is 17. The van der Waals surface area contributed by atoms with Crippen LogP contribution in [0.2, 0.25) is 0 Å². The van der Waals surface area contributed by atoms with E-state index >= 15 is 0 Å². The van der Waals surface area contributed by atoms with Crippen LogP contribution in [0.4, 0.5) is 9.59 Å². The summed E-state index contributed by atoms with van der Waals surface area (Å²) in [5, 5.41) is 23.7. The smallest absolute Gasteiger partial charge is 0.407 e. The van der Waals surface area contributed by atoms with Gasteiger partial charge in [-0.05, 0) is 49.1 Å². The molecular weight excluding hydrogens is 685 g/mol. The molecule has 1 fully saturated rings. The summed E-state index contributed by atoms with van der Waals surface area (Å²) in [6, 6.07) is 16.9. The van der Waals surface area contributed by atoms with Crippen molar-refractivity contribution in [2.75, 3.05) is 7.05 Å². The summed E-state index contributed by atoms with van der Waals surface area (Å²) in [5.41, 5.74) is 4.41. The predicted molar refractivity (Wildman–Crippen MR) is 199 cm³/mol. The number of alkyl carbamates (subject to hydrolysis) is 1. The zero-order chi connectivity index (χ0) is 36.2. The van der Waals surface area contributed by atoms with E-state index in [9.17, 15) is 19.5 Å². The Bertz CT molecular complexity index is 1670. The Morgan fingerprint density at radius 3 is 2.25 bits per heavy atom. The zero-order valence-electron chi connectivity index (χ0n) is 29.4. The van der Waals surface area contributed by atoms with Crippen molar-refractivity contribution in [3.63, 3.8) is 0 Å². The fourth-order valence-corrected chi connectivity index (χ4v) is 7.45. The Morgan fingerprint density at radius 1 is 0.961 bits per heavy atom. The van der Waals surface area contributed by atoms with E-state index in [0.29, 0.717) is 25.3 Å². The van der Waals surface area contributed by atoms with Crippen LogP contribution in [0.1, 0.15) is 72.2 Å². The lowest BCUT2D eigenvalue weighted by Gasteiger charge is -2.30. The lowest BCUT2D eigenvalue weighted by molar-refractivity contribution is -0.124. The van der Waals surface area contributed by atoms with Gasteiger partial charge < -0.3 is 30.7 Å². The third kappa shape index (κ3) is 11.6. The Labute approximate surface area is 307 Å². The molecule has 5 rings (SSSR count). The lowest BCUT2D eigenvalue weighted by Crippen LogP contribution is -2.55. The molecule has 2 aromatic heterocycles. The van der Waals surface area contributed by atoms with Crippen molar-refractivity contribution < 1.29 is 24.2 Å². The van der Waals surface area contributed by atoms with Gasteiger partial charge in [0, 0.05) is 30.6 Å². The Balaban J connectivity index is 1.25. The van der Waals surface area contributed by atoms with E-state index in [1.54, 1.807) is 35.0 Å². The fraction of sp³-hybridized carbons (Fsp3) is 0.447. The molecule has 272 valence electrons. The molecule has 11 nitrogen and oxygen atoms in total. The van der Waals surface area contributed by atoms with Crippen molar-refractivity contribution in [1.82, 2.24) is 30.8 Å². The molecule has 1 aliphatic carbocycles. The summed E-state index contributed by atoms with van der Waals surface area (Å²) in [6.07, 6.45) is 4.43. The Hall–Kier alpha value is -4.33. The number of hydrogen-bond donors (Lipinski definition) is 4. The SMILES string of the molecule is CC(C)[C@H](NC(=O)N(C)Cc1csc(C2CCC2)n1)C(=O)N[C@@H](Cc1ccccc1)CC(O)C(Cc1ccccc1)NC(=O)OCc1cncs1. The number of ether oxygens (including phenoxy) is 1. The zero-order valence-corrected chi connectivity index (χ0v) is 31.0. The van der Waals surface area contributed by atoms with Gasteiger partial charge in [-0.25, -0.2) is 14.6 Å². The van der Waals surface area contributed by atoms with Gasteiger partial charge in [-0.3, -0.25) is 9.78 Å². The molecule has 51 heavy (non-hydrogen) atoms. The second-order valence-corrected chi connectivity index (χ2v) is 15.4. The third-order valence-corrected chi connectivity index (χ3v) is 10.9. The van der Waals surface area contributed by atoms with Crippen LogP contribution < -0.4 is 16.0 Å². The molecule has 1 aliphatic rings. The number of benzene rings is 2. The van der Waals surface area contributed by atoms with Gasteiger partial charge in [-0.15, -0.1) is 22.7 Å². The number of aliphatic hydroxyl groups is 1. The van der Waals surface area contributed by atoms with Crippen molar-refractivity contribution in [2.24, 2.45) is 5.92 Å². The van der Waals surface area contributed by atoms with E-state index in [2.05, 4.69) is 20.9 Å². The number of urea groups is 1. The minimum absolute atomic E-state index is 0.0696. The van der Waals surface area contributed by atoms with E-state index in [-0.39, 0.29) is 30.9 Å². The summed E-state index contributed by atoms with van der Waals surface area (Å²) >= 11 is 3.03. The van der Waals surface area contributed by atoms with Gasteiger partial charge in [0.2, 0.25) is 5.91 Å². The Morgan fingerprint density at radius 2 is 1.65 bits per heavy atom. The normalized spacial score (nSPS) is 15.2. The van der Waals surface area contributed by atoms with Gasteiger partial charge in [-0.2, -0.15) is 0 Å². The van der Waals surface area contributed by atoms with Gasteiger partial charge in [-0.1, -0.05) is 80.9 Å². The van der Waals surface area contributed by atoms with Crippen LogP contribution in [-0.2, 0) is 35.5 Å². The molecular formula is C38H48N6O5S2. The van der Waals surface area contributed by atoms with Crippen LogP contribution in [0.3, 0.4) is 0 Å². The third-order valence-electron chi connectivity index (χ3n) is 9.09. The van der Waals surface area contributed by atoms with E-state index in [1.165, 1.54) is 30.6 Å². The number of aromatic nitrogens is 2. The number of nitrogens with zero attached hydrogens (tertiary/aromatic N) is 3. The summed E-state index contributed by atoms with van der Waals surface area (Å²) in [5.74, 6) is -0.0288. The monoisotopic (exact) mass is 732 g/mol. The molecule has 1 saturated carbocycles. The molecule has 13 heteroatoms. The van der Waals surface area contributed by atoms with Crippen molar-refractivity contribution >= 4 is 40.7 Å². The first-order valence-corrected chi connectivity index (χ1v) is 19.2. The lowest BCUT2D eigenvalue weighted by atomic mass is 9.86. The standard InChI is InChI=1S/C38H48N6O5S2/c1-25(2)34(43-37(47)44(3)21-30-23-50-36(41-30)28-15-10-16-28)35(46)40-29(17-26-11-6-4-7-12-26)19-33(45)32(18-27-13-8-5-9-14-27)42-38(48)49-22-31-20-39-24-51-31/h4-9,11-14,20,23-25,28-29,32-34,45H,10,15-19,21-22H2,1-3H3,(H,40,46)(H,42,48)(H,43,47)/t29-,32?,33?,34-/m0/s1. The predicted octanol–water partition coefficient (Wildman–Crippen LogP) is 6.05. The molecule has 0 spiro atoms. The van der Waals surface area contributed by atoms with E-state index < -0.39 is 30.3 Å². The van der Waals surface area contributed by atoms with Crippen molar-refractivity contribution in [3.05, 3.63) is 104 Å². The number of hydrogen-bond acceptors (Lipinski definition) is 9. The van der Waals surface area contributed by atoms with Gasteiger partial charge in [0.25, 0.3) is 0 Å². The highest BCUT2D eigenvalue weighted by Gasteiger charge is 2.31. The quantitative estimate of drug-likeness (QED) is 0.103. The number of carbonyl (C=O) groups is 3. The maximum absolute atomic E-state index is 13.9. The highest BCUT2D eigenvalue weighted by atomic mass is 32.1. The van der Waals surface area contributed by atoms with E-state index in [1.807, 2.05) is 79.9 Å². The van der Waals surface area contributed by atoms with Crippen molar-refractivity contribution in [1.29, 1.82) is 0 Å². The first-order chi connectivity index (χ1) is 24.6. The van der Waals surface area contributed by atoms with Gasteiger partial charge in [0.1, 0.15) is 12.6 Å². The number of thiazole rings is 2. The van der Waals surface area contributed by atoms with Crippen LogP contribution in [0.25, 0.3) is 0 Å². The molecule has 4 amide bonds. The molecule has 2 heterocycles. The Kier molecular flexibility index (Phi) is 14.0. The molecule has 0 radical (unpaired) electrons. The van der Waals surface area contributed by atoms with Gasteiger partial charge in [0.15, 0.2) is 0 Å². The highest BCUT2D eigenvalue weighted by molar-refractivity contribution is 7.09. The van der Waals surface area contributed by atoms with Gasteiger partial charge >= 0.3 is 12.1 Å². The molecule has 0 saturated heterocycles. The largest absolute Gasteiger partial charge is 0.444 e. The summed E-state index contributed by atoms with van der Waals surface area (Å²) < 4.78 is 5.43. The average molecular weight is 733 g/mol. The second kappa shape index (κ2) is 18.8. The van der Waals surface area contributed by atoms with Gasteiger partial charge in [0.05, 0.1) is 39.8 Å². The summed E-state index contributed by atoms with van der Waals surface area (Å²) in [7, 11) is 1.70. The number of amides is 4. The molecule has 2 unspecified atom stereocenters. The number of aliphatic hydroxyl groups excluding tert-OH is 1. The number of carbonyl (C=O) groups excluding carboxylic acids is 3. The summed E-state index contributed by atoms with van der Waals surface area (Å²) in [6.45, 7) is 4.18.